The average molecular weight is 201 g/mol. The summed E-state index contributed by atoms with van der Waals surface area (Å²) in [5, 5.41) is 15.7. The van der Waals surface area contributed by atoms with Gasteiger partial charge in [-0.3, -0.25) is 5.10 Å². The molecule has 2 aromatic rings. The number of H-pyrrole nitrogens is 1. The van der Waals surface area contributed by atoms with Gasteiger partial charge in [-0.1, -0.05) is 0 Å². The zero-order chi connectivity index (χ0) is 10.7. The van der Waals surface area contributed by atoms with E-state index >= 15 is 0 Å². The van der Waals surface area contributed by atoms with Crippen molar-refractivity contribution in [3.8, 4) is 17.3 Å². The minimum atomic E-state index is 0.505. The van der Waals surface area contributed by atoms with Crippen LogP contribution in [0.25, 0.3) is 11.3 Å². The Morgan fingerprint density at radius 1 is 1.60 bits per heavy atom. The lowest BCUT2D eigenvalue weighted by Crippen LogP contribution is -1.87. The molecule has 1 N–H and O–H groups in total. The van der Waals surface area contributed by atoms with Crippen molar-refractivity contribution >= 4 is 0 Å². The molecular weight excluding hydrogens is 190 g/mol. The van der Waals surface area contributed by atoms with Crippen LogP contribution in [0, 0.1) is 18.3 Å². The Labute approximate surface area is 87.5 Å². The monoisotopic (exact) mass is 201 g/mol. The molecule has 0 saturated heterocycles. The molecule has 0 radical (unpaired) electrons. The van der Waals surface area contributed by atoms with Gasteiger partial charge >= 0.3 is 0 Å². The van der Waals surface area contributed by atoms with Crippen molar-refractivity contribution in [2.75, 3.05) is 0 Å². The predicted molar refractivity (Wildman–Crippen MR) is 55.0 cm³/mol. The molecule has 0 fully saturated rings. The second kappa shape index (κ2) is 4.01. The van der Waals surface area contributed by atoms with E-state index in [1.807, 2.05) is 13.0 Å². The summed E-state index contributed by atoms with van der Waals surface area (Å²) >= 11 is 0. The Morgan fingerprint density at radius 2 is 2.47 bits per heavy atom. The third-order valence-corrected chi connectivity index (χ3v) is 2.36. The van der Waals surface area contributed by atoms with Crippen molar-refractivity contribution in [2.24, 2.45) is 0 Å². The predicted octanol–water partition coefficient (Wildman–Crippen LogP) is 2.43. The smallest absolute Gasteiger partial charge is 0.0997 e. The standard InChI is InChI=1S/C11H11N3O/c1-8-10(3-2-5-12)11(14-13-8)9-4-6-15-7-9/h4,6-7H,2-3H2,1H3,(H,13,14). The molecule has 2 rings (SSSR count). The first-order chi connectivity index (χ1) is 7.33. The fourth-order valence-corrected chi connectivity index (χ4v) is 1.58. The summed E-state index contributed by atoms with van der Waals surface area (Å²) in [5.41, 5.74) is 3.95. The van der Waals surface area contributed by atoms with E-state index in [4.69, 9.17) is 9.68 Å². The van der Waals surface area contributed by atoms with Crippen molar-refractivity contribution in [3.05, 3.63) is 29.9 Å². The van der Waals surface area contributed by atoms with Gasteiger partial charge in [-0.05, 0) is 19.4 Å². The van der Waals surface area contributed by atoms with Crippen molar-refractivity contribution < 1.29 is 4.42 Å². The highest BCUT2D eigenvalue weighted by molar-refractivity contribution is 5.62. The van der Waals surface area contributed by atoms with Gasteiger partial charge < -0.3 is 4.42 Å². The maximum absolute atomic E-state index is 8.58. The zero-order valence-corrected chi connectivity index (χ0v) is 8.45. The molecule has 0 unspecified atom stereocenters. The Balaban J connectivity index is 2.36. The van der Waals surface area contributed by atoms with Crippen LogP contribution in [0.4, 0.5) is 0 Å². The first-order valence-electron chi connectivity index (χ1n) is 4.76. The molecule has 0 bridgehead atoms. The molecule has 2 heterocycles. The van der Waals surface area contributed by atoms with Gasteiger partial charge in [-0.2, -0.15) is 10.4 Å². The van der Waals surface area contributed by atoms with Crippen LogP contribution in [0.5, 0.6) is 0 Å². The minimum absolute atomic E-state index is 0.505. The molecule has 0 aromatic carbocycles. The number of nitrogens with one attached hydrogen (secondary N) is 1. The molecule has 0 saturated carbocycles. The van der Waals surface area contributed by atoms with Gasteiger partial charge in [0, 0.05) is 23.2 Å². The van der Waals surface area contributed by atoms with Crippen LogP contribution in [-0.2, 0) is 6.42 Å². The number of hydrogen-bond acceptors (Lipinski definition) is 3. The maximum Gasteiger partial charge on any atom is 0.0997 e. The molecule has 0 aliphatic rings. The molecule has 4 nitrogen and oxygen atoms in total. The number of rotatable bonds is 3. The molecule has 0 aliphatic heterocycles. The fourth-order valence-electron chi connectivity index (χ4n) is 1.58. The molecule has 0 spiro atoms. The fraction of sp³-hybridized carbons (Fsp3) is 0.273. The van der Waals surface area contributed by atoms with Gasteiger partial charge in [0.2, 0.25) is 0 Å². The first kappa shape index (κ1) is 9.53. The molecule has 76 valence electrons. The average Bonchev–Trinajstić information content (AvgIpc) is 2.84. The Hall–Kier alpha value is -2.02. The number of nitriles is 1. The van der Waals surface area contributed by atoms with Gasteiger partial charge in [-0.15, -0.1) is 0 Å². The number of aromatic nitrogens is 2. The number of aryl methyl sites for hydroxylation is 1. The van der Waals surface area contributed by atoms with Crippen molar-refractivity contribution in [2.45, 2.75) is 19.8 Å². The van der Waals surface area contributed by atoms with Gasteiger partial charge in [-0.25, -0.2) is 0 Å². The lowest BCUT2D eigenvalue weighted by Gasteiger charge is -1.97. The molecule has 2 aromatic heterocycles. The lowest BCUT2D eigenvalue weighted by molar-refractivity contribution is 0.568. The third kappa shape index (κ3) is 1.77. The van der Waals surface area contributed by atoms with E-state index in [0.29, 0.717) is 6.42 Å². The Morgan fingerprint density at radius 3 is 3.13 bits per heavy atom. The summed E-state index contributed by atoms with van der Waals surface area (Å²) in [6.07, 6.45) is 4.50. The van der Waals surface area contributed by atoms with E-state index in [1.165, 1.54) is 0 Å². The van der Waals surface area contributed by atoms with Crippen molar-refractivity contribution in [1.29, 1.82) is 5.26 Å². The van der Waals surface area contributed by atoms with E-state index in [9.17, 15) is 0 Å². The Kier molecular flexibility index (Phi) is 2.55. The largest absolute Gasteiger partial charge is 0.472 e. The normalized spacial score (nSPS) is 10.1. The van der Waals surface area contributed by atoms with Crippen LogP contribution in [0.3, 0.4) is 0 Å². The zero-order valence-electron chi connectivity index (χ0n) is 8.45. The quantitative estimate of drug-likeness (QED) is 0.829. The summed E-state index contributed by atoms with van der Waals surface area (Å²) in [4.78, 5) is 0. The second-order valence-electron chi connectivity index (χ2n) is 3.35. The number of aromatic amines is 1. The molecule has 0 amide bonds. The molecule has 4 heteroatoms. The van der Waals surface area contributed by atoms with Crippen LogP contribution in [0.2, 0.25) is 0 Å². The number of nitrogens with zero attached hydrogens (tertiary/aromatic N) is 2. The van der Waals surface area contributed by atoms with Crippen molar-refractivity contribution in [3.63, 3.8) is 0 Å². The highest BCUT2D eigenvalue weighted by Crippen LogP contribution is 2.24. The molecule has 15 heavy (non-hydrogen) atoms. The topological polar surface area (TPSA) is 65.6 Å². The van der Waals surface area contributed by atoms with Crippen LogP contribution in [-0.4, -0.2) is 10.2 Å². The highest BCUT2D eigenvalue weighted by atomic mass is 16.3. The summed E-state index contributed by atoms with van der Waals surface area (Å²) in [7, 11) is 0. The summed E-state index contributed by atoms with van der Waals surface area (Å²) < 4.78 is 5.02. The third-order valence-electron chi connectivity index (χ3n) is 2.36. The molecule has 0 aliphatic carbocycles. The minimum Gasteiger partial charge on any atom is -0.472 e. The van der Waals surface area contributed by atoms with Gasteiger partial charge in [0.1, 0.15) is 0 Å². The lowest BCUT2D eigenvalue weighted by atomic mass is 10.0. The van der Waals surface area contributed by atoms with Gasteiger partial charge in [0.15, 0.2) is 0 Å². The van der Waals surface area contributed by atoms with E-state index < -0.39 is 0 Å². The van der Waals surface area contributed by atoms with Crippen LogP contribution in [0.1, 0.15) is 17.7 Å². The maximum atomic E-state index is 8.58. The summed E-state index contributed by atoms with van der Waals surface area (Å²) in [6.45, 7) is 1.96. The van der Waals surface area contributed by atoms with E-state index in [2.05, 4.69) is 16.3 Å². The van der Waals surface area contributed by atoms with E-state index in [-0.39, 0.29) is 0 Å². The van der Waals surface area contributed by atoms with E-state index in [1.54, 1.807) is 12.5 Å². The SMILES string of the molecule is Cc1[nH]nc(-c2ccoc2)c1CCC#N. The van der Waals surface area contributed by atoms with E-state index in [0.717, 1.165) is 28.9 Å². The van der Waals surface area contributed by atoms with Crippen LogP contribution >= 0.6 is 0 Å². The number of furan rings is 1. The second-order valence-corrected chi connectivity index (χ2v) is 3.35. The molecule has 0 atom stereocenters. The Bertz CT molecular complexity index is 476. The van der Waals surface area contributed by atoms with Gasteiger partial charge in [0.05, 0.1) is 24.3 Å². The highest BCUT2D eigenvalue weighted by Gasteiger charge is 2.12. The first-order valence-corrected chi connectivity index (χ1v) is 4.76. The summed E-state index contributed by atoms with van der Waals surface area (Å²) in [6, 6.07) is 4.01. The summed E-state index contributed by atoms with van der Waals surface area (Å²) in [5.74, 6) is 0. The molecular formula is C11H11N3O. The van der Waals surface area contributed by atoms with Crippen LogP contribution < -0.4 is 0 Å². The number of hydrogen-bond donors (Lipinski definition) is 1. The van der Waals surface area contributed by atoms with Crippen LogP contribution in [0.15, 0.2) is 23.0 Å². The van der Waals surface area contributed by atoms with Gasteiger partial charge in [0.25, 0.3) is 0 Å². The van der Waals surface area contributed by atoms with Crippen molar-refractivity contribution in [1.82, 2.24) is 10.2 Å².